The average molecular weight is 366 g/mol. The van der Waals surface area contributed by atoms with E-state index in [1.54, 1.807) is 0 Å². The van der Waals surface area contributed by atoms with Crippen LogP contribution in [-0.2, 0) is 9.59 Å². The van der Waals surface area contributed by atoms with E-state index in [9.17, 15) is 9.59 Å². The van der Waals surface area contributed by atoms with E-state index in [1.807, 2.05) is 25.1 Å². The highest BCUT2D eigenvalue weighted by molar-refractivity contribution is 5.96. The zero-order valence-corrected chi connectivity index (χ0v) is 15.7. The first-order valence-corrected chi connectivity index (χ1v) is 8.89. The molecule has 25 heavy (non-hydrogen) atoms. The molecule has 2 aliphatic carbocycles. The number of hydrogen-bond donors (Lipinski definition) is 3. The normalized spacial score (nSPS) is 27.8. The Bertz CT molecular complexity index is 636. The van der Waals surface area contributed by atoms with Gasteiger partial charge in [0.2, 0.25) is 11.8 Å². The van der Waals surface area contributed by atoms with E-state index in [4.69, 9.17) is 5.73 Å². The maximum atomic E-state index is 12.8. The Morgan fingerprint density at radius 1 is 1.08 bits per heavy atom. The minimum atomic E-state index is -0.115. The molecule has 138 valence electrons. The molecular formula is C19H28ClN3O2. The zero-order valence-electron chi connectivity index (χ0n) is 14.9. The quantitative estimate of drug-likeness (QED) is 0.766. The van der Waals surface area contributed by atoms with Crippen molar-refractivity contribution >= 4 is 35.6 Å². The fourth-order valence-corrected chi connectivity index (χ4v) is 4.33. The van der Waals surface area contributed by atoms with E-state index in [0.29, 0.717) is 11.8 Å². The molecule has 2 unspecified atom stereocenters. The van der Waals surface area contributed by atoms with Crippen molar-refractivity contribution < 1.29 is 9.59 Å². The van der Waals surface area contributed by atoms with Crippen LogP contribution in [-0.4, -0.2) is 17.9 Å². The van der Waals surface area contributed by atoms with Crippen molar-refractivity contribution in [2.45, 2.75) is 52.0 Å². The van der Waals surface area contributed by atoms with E-state index in [2.05, 4.69) is 10.6 Å². The number of fused-ring (bicyclic) bond motifs is 2. The van der Waals surface area contributed by atoms with E-state index in [1.165, 1.54) is 13.3 Å². The van der Waals surface area contributed by atoms with Crippen molar-refractivity contribution in [1.82, 2.24) is 0 Å². The van der Waals surface area contributed by atoms with Gasteiger partial charge < -0.3 is 16.4 Å². The SMILES string of the molecule is CC(=O)Nc1cccc(NC(=O)C2CC3CCCC(C2)C3N)c1C.Cl. The van der Waals surface area contributed by atoms with Crippen LogP contribution in [0.5, 0.6) is 0 Å². The molecule has 2 fully saturated rings. The van der Waals surface area contributed by atoms with Gasteiger partial charge in [0.1, 0.15) is 0 Å². The summed E-state index contributed by atoms with van der Waals surface area (Å²) in [5, 5.41) is 5.86. The first kappa shape index (κ1) is 19.7. The maximum absolute atomic E-state index is 12.8. The minimum absolute atomic E-state index is 0. The number of amides is 2. The Hall–Kier alpha value is -1.59. The molecule has 0 spiro atoms. The highest BCUT2D eigenvalue weighted by Gasteiger charge is 2.40. The fourth-order valence-electron chi connectivity index (χ4n) is 4.33. The number of rotatable bonds is 3. The molecule has 1 aromatic rings. The molecule has 0 radical (unpaired) electrons. The minimum Gasteiger partial charge on any atom is -0.327 e. The van der Waals surface area contributed by atoms with Crippen LogP contribution in [0.15, 0.2) is 18.2 Å². The number of halogens is 1. The fraction of sp³-hybridized carbons (Fsp3) is 0.579. The molecule has 2 bridgehead atoms. The molecule has 5 nitrogen and oxygen atoms in total. The summed E-state index contributed by atoms with van der Waals surface area (Å²) in [5.74, 6) is 0.988. The van der Waals surface area contributed by atoms with Crippen molar-refractivity contribution in [3.8, 4) is 0 Å². The molecule has 0 saturated heterocycles. The zero-order chi connectivity index (χ0) is 17.3. The van der Waals surface area contributed by atoms with Crippen molar-refractivity contribution in [2.75, 3.05) is 10.6 Å². The van der Waals surface area contributed by atoms with Gasteiger partial charge in [-0.25, -0.2) is 0 Å². The molecule has 0 heterocycles. The molecule has 3 rings (SSSR count). The van der Waals surface area contributed by atoms with E-state index in [-0.39, 0.29) is 36.2 Å². The van der Waals surface area contributed by atoms with Gasteiger partial charge in [0, 0.05) is 30.3 Å². The van der Waals surface area contributed by atoms with Gasteiger partial charge in [-0.2, -0.15) is 0 Å². The van der Waals surface area contributed by atoms with Crippen molar-refractivity contribution in [1.29, 1.82) is 0 Å². The van der Waals surface area contributed by atoms with E-state index < -0.39 is 0 Å². The molecule has 0 aliphatic heterocycles. The Kier molecular flexibility index (Phi) is 6.47. The summed E-state index contributed by atoms with van der Waals surface area (Å²) in [6, 6.07) is 5.84. The van der Waals surface area contributed by atoms with Gasteiger partial charge >= 0.3 is 0 Å². The second-order valence-electron chi connectivity index (χ2n) is 7.35. The third kappa shape index (κ3) is 4.33. The third-order valence-electron chi connectivity index (χ3n) is 5.69. The van der Waals surface area contributed by atoms with E-state index in [0.717, 1.165) is 42.6 Å². The van der Waals surface area contributed by atoms with Crippen LogP contribution in [0.1, 0.15) is 44.6 Å². The van der Waals surface area contributed by atoms with Crippen LogP contribution in [0.3, 0.4) is 0 Å². The summed E-state index contributed by atoms with van der Waals surface area (Å²) in [5.41, 5.74) is 8.71. The largest absolute Gasteiger partial charge is 0.327 e. The molecule has 2 amide bonds. The molecule has 2 atom stereocenters. The van der Waals surface area contributed by atoms with E-state index >= 15 is 0 Å². The van der Waals surface area contributed by atoms with Crippen LogP contribution >= 0.6 is 12.4 Å². The maximum Gasteiger partial charge on any atom is 0.227 e. The van der Waals surface area contributed by atoms with Crippen molar-refractivity contribution in [3.63, 3.8) is 0 Å². The van der Waals surface area contributed by atoms with Crippen LogP contribution in [0, 0.1) is 24.7 Å². The lowest BCUT2D eigenvalue weighted by atomic mass is 9.65. The molecule has 0 aromatic heterocycles. The van der Waals surface area contributed by atoms with Gasteiger partial charge in [-0.1, -0.05) is 12.5 Å². The number of anilines is 2. The van der Waals surface area contributed by atoms with Crippen LogP contribution in [0.25, 0.3) is 0 Å². The monoisotopic (exact) mass is 365 g/mol. The third-order valence-corrected chi connectivity index (χ3v) is 5.69. The lowest BCUT2D eigenvalue weighted by Crippen LogP contribution is -2.48. The predicted molar refractivity (Wildman–Crippen MR) is 103 cm³/mol. The second kappa shape index (κ2) is 8.19. The first-order valence-electron chi connectivity index (χ1n) is 8.89. The highest BCUT2D eigenvalue weighted by Crippen LogP contribution is 2.42. The molecule has 2 saturated carbocycles. The second-order valence-corrected chi connectivity index (χ2v) is 7.35. The number of nitrogens with one attached hydrogen (secondary N) is 2. The van der Waals surface area contributed by atoms with Crippen LogP contribution in [0.2, 0.25) is 0 Å². The van der Waals surface area contributed by atoms with Crippen molar-refractivity contribution in [3.05, 3.63) is 23.8 Å². The Labute approximate surface area is 155 Å². The summed E-state index contributed by atoms with van der Waals surface area (Å²) in [4.78, 5) is 24.0. The summed E-state index contributed by atoms with van der Waals surface area (Å²) < 4.78 is 0. The molecule has 4 N–H and O–H groups in total. The number of carbonyl (C=O) groups is 2. The van der Waals surface area contributed by atoms with Gasteiger partial charge in [0.15, 0.2) is 0 Å². The molecule has 2 aliphatic rings. The number of carbonyl (C=O) groups excluding carboxylic acids is 2. The van der Waals surface area contributed by atoms with Gasteiger partial charge in [-0.15, -0.1) is 12.4 Å². The Morgan fingerprint density at radius 2 is 1.64 bits per heavy atom. The molecule has 1 aromatic carbocycles. The lowest BCUT2D eigenvalue weighted by molar-refractivity contribution is -0.122. The van der Waals surface area contributed by atoms with Crippen LogP contribution in [0.4, 0.5) is 11.4 Å². The number of benzene rings is 1. The standard InChI is InChI=1S/C19H27N3O2.ClH/c1-11-16(21-12(2)23)7-4-8-17(11)22-19(24)15-9-13-5-3-6-14(10-15)18(13)20;/h4,7-8,13-15,18H,3,5-6,9-10,20H2,1-2H3,(H,21,23)(H,22,24);1H. The first-order chi connectivity index (χ1) is 11.5. The summed E-state index contributed by atoms with van der Waals surface area (Å²) in [6.07, 6.45) is 5.34. The number of hydrogen-bond acceptors (Lipinski definition) is 3. The average Bonchev–Trinajstić information content (AvgIpc) is 2.50. The summed E-state index contributed by atoms with van der Waals surface area (Å²) in [6.45, 7) is 3.39. The lowest BCUT2D eigenvalue weighted by Gasteiger charge is -2.43. The van der Waals surface area contributed by atoms with Gasteiger partial charge in [-0.3, -0.25) is 9.59 Å². The van der Waals surface area contributed by atoms with Crippen molar-refractivity contribution in [2.24, 2.45) is 23.5 Å². The summed E-state index contributed by atoms with van der Waals surface area (Å²) >= 11 is 0. The smallest absolute Gasteiger partial charge is 0.227 e. The van der Waals surface area contributed by atoms with Crippen LogP contribution < -0.4 is 16.4 Å². The molecule has 6 heteroatoms. The van der Waals surface area contributed by atoms with Gasteiger partial charge in [0.05, 0.1) is 0 Å². The number of nitrogens with two attached hydrogens (primary N) is 1. The Morgan fingerprint density at radius 3 is 2.20 bits per heavy atom. The van der Waals surface area contributed by atoms with Gasteiger partial charge in [-0.05, 0) is 62.1 Å². The molecular weight excluding hydrogens is 338 g/mol. The predicted octanol–water partition coefficient (Wildman–Crippen LogP) is 3.47. The summed E-state index contributed by atoms with van der Waals surface area (Å²) in [7, 11) is 0. The Balaban J connectivity index is 0.00000225. The highest BCUT2D eigenvalue weighted by atomic mass is 35.5. The topological polar surface area (TPSA) is 84.2 Å². The van der Waals surface area contributed by atoms with Gasteiger partial charge in [0.25, 0.3) is 0 Å².